The van der Waals surface area contributed by atoms with Gasteiger partial charge in [0.25, 0.3) is 0 Å². The first-order valence-corrected chi connectivity index (χ1v) is 9.66. The van der Waals surface area contributed by atoms with Gasteiger partial charge in [0.1, 0.15) is 12.4 Å². The van der Waals surface area contributed by atoms with Crippen LogP contribution < -0.4 is 15.0 Å². The van der Waals surface area contributed by atoms with E-state index in [1.807, 2.05) is 35.2 Å². The molecule has 0 atom stereocenters. The van der Waals surface area contributed by atoms with Crippen molar-refractivity contribution in [2.24, 2.45) is 5.92 Å². The molecule has 0 bridgehead atoms. The molecule has 2 amide bonds. The van der Waals surface area contributed by atoms with Gasteiger partial charge >= 0.3 is 6.03 Å². The summed E-state index contributed by atoms with van der Waals surface area (Å²) < 4.78 is 5.85. The normalized spacial score (nSPS) is 14.3. The van der Waals surface area contributed by atoms with Crippen LogP contribution in [-0.4, -0.2) is 43.7 Å². The molecule has 0 radical (unpaired) electrons. The second-order valence-corrected chi connectivity index (χ2v) is 7.32. The highest BCUT2D eigenvalue weighted by molar-refractivity contribution is 5.74. The predicted octanol–water partition coefficient (Wildman–Crippen LogP) is 3.75. The maximum absolute atomic E-state index is 12.2. The molecule has 0 aromatic heterocycles. The lowest BCUT2D eigenvalue weighted by Crippen LogP contribution is -2.52. The average molecular weight is 367 g/mol. The zero-order chi connectivity index (χ0) is 19.1. The van der Waals surface area contributed by atoms with Gasteiger partial charge in [0.05, 0.1) is 0 Å². The SMILES string of the molecule is CC(C)CNC(=O)N1CCN(c2ccc(OCc3ccccc3)cc2)CC1. The maximum atomic E-state index is 12.2. The Hall–Kier alpha value is -2.69. The fraction of sp³-hybridized carbons (Fsp3) is 0.409. The van der Waals surface area contributed by atoms with Crippen molar-refractivity contribution in [3.63, 3.8) is 0 Å². The lowest BCUT2D eigenvalue weighted by Gasteiger charge is -2.36. The average Bonchev–Trinajstić information content (AvgIpc) is 2.72. The smallest absolute Gasteiger partial charge is 0.317 e. The topological polar surface area (TPSA) is 44.8 Å². The summed E-state index contributed by atoms with van der Waals surface area (Å²) in [7, 11) is 0. The van der Waals surface area contributed by atoms with E-state index in [-0.39, 0.29) is 6.03 Å². The third-order valence-corrected chi connectivity index (χ3v) is 4.68. The van der Waals surface area contributed by atoms with Crippen LogP contribution in [0.25, 0.3) is 0 Å². The Kier molecular flexibility index (Phi) is 6.58. The first-order chi connectivity index (χ1) is 13.1. The fourth-order valence-electron chi connectivity index (χ4n) is 3.07. The zero-order valence-electron chi connectivity index (χ0n) is 16.2. The second kappa shape index (κ2) is 9.31. The Bertz CT molecular complexity index is 708. The Morgan fingerprint density at radius 1 is 1.00 bits per heavy atom. The van der Waals surface area contributed by atoms with E-state index in [2.05, 4.69) is 48.3 Å². The van der Waals surface area contributed by atoms with Gasteiger partial charge in [0.2, 0.25) is 0 Å². The highest BCUT2D eigenvalue weighted by Gasteiger charge is 2.21. The number of anilines is 1. The number of benzene rings is 2. The molecule has 2 aromatic carbocycles. The van der Waals surface area contributed by atoms with Crippen LogP contribution in [0.1, 0.15) is 19.4 Å². The zero-order valence-corrected chi connectivity index (χ0v) is 16.2. The molecule has 1 saturated heterocycles. The molecule has 1 N–H and O–H groups in total. The van der Waals surface area contributed by atoms with E-state index in [1.165, 1.54) is 5.69 Å². The van der Waals surface area contributed by atoms with Gasteiger partial charge in [-0.25, -0.2) is 4.79 Å². The van der Waals surface area contributed by atoms with Gasteiger partial charge in [0, 0.05) is 38.4 Å². The minimum Gasteiger partial charge on any atom is -0.489 e. The summed E-state index contributed by atoms with van der Waals surface area (Å²) >= 11 is 0. The number of amides is 2. The van der Waals surface area contributed by atoms with Crippen LogP contribution in [0.15, 0.2) is 54.6 Å². The van der Waals surface area contributed by atoms with Gasteiger partial charge < -0.3 is 19.9 Å². The van der Waals surface area contributed by atoms with Crippen molar-refractivity contribution >= 4 is 11.7 Å². The number of rotatable bonds is 6. The number of hydrogen-bond donors (Lipinski definition) is 1. The van der Waals surface area contributed by atoms with Crippen molar-refractivity contribution in [3.8, 4) is 5.75 Å². The molecule has 0 aliphatic carbocycles. The summed E-state index contributed by atoms with van der Waals surface area (Å²) in [4.78, 5) is 16.4. The van der Waals surface area contributed by atoms with Crippen molar-refractivity contribution in [2.45, 2.75) is 20.5 Å². The number of ether oxygens (including phenoxy) is 1. The van der Waals surface area contributed by atoms with E-state index < -0.39 is 0 Å². The minimum atomic E-state index is 0.0491. The molecule has 1 aliphatic heterocycles. The molecule has 0 unspecified atom stereocenters. The Morgan fingerprint density at radius 2 is 1.67 bits per heavy atom. The van der Waals surface area contributed by atoms with Crippen LogP contribution in [0.2, 0.25) is 0 Å². The van der Waals surface area contributed by atoms with Crippen molar-refractivity contribution in [3.05, 3.63) is 60.2 Å². The van der Waals surface area contributed by atoms with Crippen molar-refractivity contribution in [1.29, 1.82) is 0 Å². The molecular formula is C22H29N3O2. The highest BCUT2D eigenvalue weighted by atomic mass is 16.5. The summed E-state index contributed by atoms with van der Waals surface area (Å²) in [6.07, 6.45) is 0. The second-order valence-electron chi connectivity index (χ2n) is 7.32. The Balaban J connectivity index is 1.46. The highest BCUT2D eigenvalue weighted by Crippen LogP contribution is 2.21. The number of piperazine rings is 1. The fourth-order valence-corrected chi connectivity index (χ4v) is 3.07. The van der Waals surface area contributed by atoms with Crippen LogP contribution >= 0.6 is 0 Å². The van der Waals surface area contributed by atoms with Gasteiger partial charge in [-0.1, -0.05) is 44.2 Å². The van der Waals surface area contributed by atoms with Crippen molar-refractivity contribution in [1.82, 2.24) is 10.2 Å². The molecule has 2 aromatic rings. The molecule has 27 heavy (non-hydrogen) atoms. The number of nitrogens with one attached hydrogen (secondary N) is 1. The number of urea groups is 1. The third-order valence-electron chi connectivity index (χ3n) is 4.68. The largest absolute Gasteiger partial charge is 0.489 e. The van der Waals surface area contributed by atoms with Crippen LogP contribution in [0.4, 0.5) is 10.5 Å². The summed E-state index contributed by atoms with van der Waals surface area (Å²) in [6.45, 7) is 8.69. The molecule has 5 nitrogen and oxygen atoms in total. The number of carbonyl (C=O) groups excluding carboxylic acids is 1. The van der Waals surface area contributed by atoms with E-state index in [0.717, 1.165) is 44.0 Å². The Morgan fingerprint density at radius 3 is 2.30 bits per heavy atom. The molecule has 0 saturated carbocycles. The van der Waals surface area contributed by atoms with E-state index in [0.29, 0.717) is 12.5 Å². The summed E-state index contributed by atoms with van der Waals surface area (Å²) in [5, 5.41) is 2.99. The molecule has 3 rings (SSSR count). The van der Waals surface area contributed by atoms with Crippen molar-refractivity contribution in [2.75, 3.05) is 37.6 Å². The lowest BCUT2D eigenvalue weighted by molar-refractivity contribution is 0.193. The van der Waals surface area contributed by atoms with Crippen LogP contribution in [0, 0.1) is 5.92 Å². The van der Waals surface area contributed by atoms with Crippen molar-refractivity contribution < 1.29 is 9.53 Å². The standard InChI is InChI=1S/C22H29N3O2/c1-18(2)16-23-22(26)25-14-12-24(13-15-25)20-8-10-21(11-9-20)27-17-19-6-4-3-5-7-19/h3-11,18H,12-17H2,1-2H3,(H,23,26). The van der Waals surface area contributed by atoms with Gasteiger partial charge in [-0.05, 0) is 35.7 Å². The molecule has 0 spiro atoms. The minimum absolute atomic E-state index is 0.0491. The van der Waals surface area contributed by atoms with E-state index in [4.69, 9.17) is 4.74 Å². The summed E-state index contributed by atoms with van der Waals surface area (Å²) in [5.41, 5.74) is 2.33. The van der Waals surface area contributed by atoms with Gasteiger partial charge in [-0.2, -0.15) is 0 Å². The molecule has 5 heteroatoms. The molecule has 1 aliphatic rings. The maximum Gasteiger partial charge on any atom is 0.317 e. The molecule has 1 heterocycles. The van der Waals surface area contributed by atoms with Gasteiger partial charge in [-0.3, -0.25) is 0 Å². The predicted molar refractivity (Wildman–Crippen MR) is 109 cm³/mol. The lowest BCUT2D eigenvalue weighted by atomic mass is 10.2. The number of carbonyl (C=O) groups is 1. The molecule has 1 fully saturated rings. The van der Waals surface area contributed by atoms with Crippen LogP contribution in [-0.2, 0) is 6.61 Å². The molecule has 144 valence electrons. The summed E-state index contributed by atoms with van der Waals surface area (Å²) in [5.74, 6) is 1.34. The summed E-state index contributed by atoms with van der Waals surface area (Å²) in [6, 6.07) is 18.4. The Labute approximate surface area is 161 Å². The van der Waals surface area contributed by atoms with Crippen LogP contribution in [0.5, 0.6) is 5.75 Å². The van der Waals surface area contributed by atoms with Gasteiger partial charge in [0.15, 0.2) is 0 Å². The van der Waals surface area contributed by atoms with Gasteiger partial charge in [-0.15, -0.1) is 0 Å². The molecular weight excluding hydrogens is 338 g/mol. The first-order valence-electron chi connectivity index (χ1n) is 9.66. The monoisotopic (exact) mass is 367 g/mol. The van der Waals surface area contributed by atoms with E-state index in [1.54, 1.807) is 0 Å². The van der Waals surface area contributed by atoms with Crippen LogP contribution in [0.3, 0.4) is 0 Å². The number of hydrogen-bond acceptors (Lipinski definition) is 3. The quantitative estimate of drug-likeness (QED) is 0.846. The van der Waals surface area contributed by atoms with E-state index in [9.17, 15) is 4.79 Å². The first kappa shape index (κ1) is 19.1. The third kappa shape index (κ3) is 5.64. The van der Waals surface area contributed by atoms with E-state index >= 15 is 0 Å². The number of nitrogens with zero attached hydrogens (tertiary/aromatic N) is 2.